The van der Waals surface area contributed by atoms with E-state index in [1.54, 1.807) is 12.5 Å². The van der Waals surface area contributed by atoms with E-state index in [-0.39, 0.29) is 12.0 Å². The maximum absolute atomic E-state index is 12.1. The van der Waals surface area contributed by atoms with Crippen molar-refractivity contribution in [3.63, 3.8) is 0 Å². The molecule has 0 spiro atoms. The predicted molar refractivity (Wildman–Crippen MR) is 80.9 cm³/mol. The molecule has 0 unspecified atom stereocenters. The van der Waals surface area contributed by atoms with E-state index in [4.69, 9.17) is 4.74 Å². The fourth-order valence-corrected chi connectivity index (χ4v) is 2.12. The molecule has 112 valence electrons. The summed E-state index contributed by atoms with van der Waals surface area (Å²) in [6.45, 7) is 3.08. The van der Waals surface area contributed by atoms with Crippen molar-refractivity contribution in [2.75, 3.05) is 13.2 Å². The minimum atomic E-state index is -0.341. The van der Waals surface area contributed by atoms with Crippen LogP contribution in [0.5, 0.6) is 0 Å². The molecule has 1 aromatic heterocycles. The molecule has 2 aromatic rings. The van der Waals surface area contributed by atoms with Crippen LogP contribution in [0.25, 0.3) is 0 Å². The molecule has 1 atom stereocenters. The van der Waals surface area contributed by atoms with E-state index in [2.05, 4.69) is 15.3 Å². The van der Waals surface area contributed by atoms with E-state index < -0.39 is 0 Å². The molecule has 0 aliphatic carbocycles. The summed E-state index contributed by atoms with van der Waals surface area (Å²) in [5, 5.41) is 3.15. The Bertz CT molecular complexity index is 526. The maximum Gasteiger partial charge on any atom is 0.323 e. The first-order valence-electron chi connectivity index (χ1n) is 7.20. The van der Waals surface area contributed by atoms with E-state index in [9.17, 15) is 4.79 Å². The van der Waals surface area contributed by atoms with Crippen LogP contribution in [0.4, 0.5) is 0 Å². The van der Waals surface area contributed by atoms with Gasteiger partial charge in [-0.3, -0.25) is 4.79 Å². The lowest BCUT2D eigenvalue weighted by atomic mass is 10.1. The van der Waals surface area contributed by atoms with Gasteiger partial charge in [-0.05, 0) is 12.1 Å². The van der Waals surface area contributed by atoms with Gasteiger partial charge in [-0.1, -0.05) is 37.3 Å². The Morgan fingerprint density at radius 2 is 2.19 bits per heavy atom. The van der Waals surface area contributed by atoms with Crippen LogP contribution in [0.2, 0.25) is 0 Å². The van der Waals surface area contributed by atoms with Gasteiger partial charge >= 0.3 is 5.97 Å². The highest BCUT2D eigenvalue weighted by atomic mass is 16.5. The summed E-state index contributed by atoms with van der Waals surface area (Å²) in [6.07, 6.45) is 4.62. The average Bonchev–Trinajstić information content (AvgIpc) is 3.01. The summed E-state index contributed by atoms with van der Waals surface area (Å²) < 4.78 is 5.37. The van der Waals surface area contributed by atoms with E-state index in [1.807, 2.05) is 37.3 Å². The van der Waals surface area contributed by atoms with Gasteiger partial charge in [0.2, 0.25) is 0 Å². The van der Waals surface area contributed by atoms with Crippen molar-refractivity contribution in [2.45, 2.75) is 25.8 Å². The first-order chi connectivity index (χ1) is 10.3. The van der Waals surface area contributed by atoms with Crippen molar-refractivity contribution in [2.24, 2.45) is 0 Å². The Morgan fingerprint density at radius 1 is 1.38 bits per heavy atom. The van der Waals surface area contributed by atoms with Crippen molar-refractivity contribution in [1.82, 2.24) is 15.3 Å². The second kappa shape index (κ2) is 8.21. The number of esters is 1. The number of aromatic amines is 1. The zero-order valence-corrected chi connectivity index (χ0v) is 12.2. The first kappa shape index (κ1) is 15.3. The molecule has 0 saturated heterocycles. The quantitative estimate of drug-likeness (QED) is 0.725. The number of H-pyrrole nitrogens is 1. The fourth-order valence-electron chi connectivity index (χ4n) is 2.12. The number of likely N-dealkylation sites (N-methyl/N-ethyl adjacent to an activating group) is 1. The number of hydrogen-bond acceptors (Lipinski definition) is 4. The van der Waals surface area contributed by atoms with Crippen LogP contribution in [0.15, 0.2) is 42.9 Å². The van der Waals surface area contributed by atoms with Crippen molar-refractivity contribution in [3.8, 4) is 0 Å². The van der Waals surface area contributed by atoms with Gasteiger partial charge in [-0.15, -0.1) is 0 Å². The summed E-state index contributed by atoms with van der Waals surface area (Å²) in [6, 6.07) is 9.65. The Kier molecular flexibility index (Phi) is 5.97. The largest absolute Gasteiger partial charge is 0.464 e. The third-order valence-electron chi connectivity index (χ3n) is 3.19. The number of carbonyl (C=O) groups excluding carboxylic acids is 1. The smallest absolute Gasteiger partial charge is 0.323 e. The van der Waals surface area contributed by atoms with Crippen LogP contribution in [0, 0.1) is 0 Å². The van der Waals surface area contributed by atoms with Gasteiger partial charge in [0, 0.05) is 24.7 Å². The third-order valence-corrected chi connectivity index (χ3v) is 3.19. The van der Waals surface area contributed by atoms with Crippen LogP contribution in [0.3, 0.4) is 0 Å². The number of nitrogens with zero attached hydrogens (tertiary/aromatic N) is 1. The molecule has 1 heterocycles. The number of carbonyl (C=O) groups is 1. The van der Waals surface area contributed by atoms with Gasteiger partial charge < -0.3 is 15.0 Å². The summed E-state index contributed by atoms with van der Waals surface area (Å²) >= 11 is 0. The molecule has 1 aromatic carbocycles. The summed E-state index contributed by atoms with van der Waals surface area (Å²) in [7, 11) is 0. The number of hydrogen-bond donors (Lipinski definition) is 2. The highest BCUT2D eigenvalue weighted by Gasteiger charge is 2.19. The molecule has 0 radical (unpaired) electrons. The van der Waals surface area contributed by atoms with E-state index in [0.717, 1.165) is 12.1 Å². The third kappa shape index (κ3) is 5.04. The number of rotatable bonds is 8. The SMILES string of the molecule is CCN[C@@H](Cc1cnc[nH]1)C(=O)OCCc1ccccc1. The Balaban J connectivity index is 1.81. The maximum atomic E-state index is 12.1. The topological polar surface area (TPSA) is 67.0 Å². The van der Waals surface area contributed by atoms with Crippen molar-refractivity contribution in [3.05, 3.63) is 54.1 Å². The normalized spacial score (nSPS) is 12.0. The van der Waals surface area contributed by atoms with E-state index in [0.29, 0.717) is 19.6 Å². The molecule has 2 N–H and O–H groups in total. The van der Waals surface area contributed by atoms with Crippen LogP contribution in [0.1, 0.15) is 18.2 Å². The molecule has 21 heavy (non-hydrogen) atoms. The molecule has 0 bridgehead atoms. The summed E-state index contributed by atoms with van der Waals surface area (Å²) in [5.74, 6) is -0.220. The van der Waals surface area contributed by atoms with Gasteiger partial charge in [0.05, 0.1) is 12.9 Å². The monoisotopic (exact) mass is 287 g/mol. The minimum Gasteiger partial charge on any atom is -0.464 e. The molecule has 5 heteroatoms. The number of imidazole rings is 1. The second-order valence-electron chi connectivity index (χ2n) is 4.79. The highest BCUT2D eigenvalue weighted by molar-refractivity contribution is 5.76. The second-order valence-corrected chi connectivity index (χ2v) is 4.79. The van der Waals surface area contributed by atoms with Crippen LogP contribution in [-0.4, -0.2) is 35.1 Å². The lowest BCUT2D eigenvalue weighted by molar-refractivity contribution is -0.146. The van der Waals surface area contributed by atoms with Gasteiger partial charge in [0.1, 0.15) is 6.04 Å². The Labute approximate surface area is 124 Å². The van der Waals surface area contributed by atoms with Gasteiger partial charge in [0.25, 0.3) is 0 Å². The summed E-state index contributed by atoms with van der Waals surface area (Å²) in [4.78, 5) is 19.1. The van der Waals surface area contributed by atoms with E-state index >= 15 is 0 Å². The first-order valence-corrected chi connectivity index (χ1v) is 7.20. The molecular formula is C16H21N3O2. The average molecular weight is 287 g/mol. The van der Waals surface area contributed by atoms with Crippen LogP contribution >= 0.6 is 0 Å². The molecule has 2 rings (SSSR count). The Hall–Kier alpha value is -2.14. The van der Waals surface area contributed by atoms with Gasteiger partial charge in [-0.25, -0.2) is 4.98 Å². The van der Waals surface area contributed by atoms with Crippen molar-refractivity contribution >= 4 is 5.97 Å². The molecule has 0 aliphatic rings. The zero-order chi connectivity index (χ0) is 14.9. The van der Waals surface area contributed by atoms with Crippen molar-refractivity contribution < 1.29 is 9.53 Å². The number of aromatic nitrogens is 2. The van der Waals surface area contributed by atoms with Gasteiger partial charge in [-0.2, -0.15) is 0 Å². The molecule has 0 saturated carbocycles. The van der Waals surface area contributed by atoms with Crippen LogP contribution in [-0.2, 0) is 22.4 Å². The van der Waals surface area contributed by atoms with Gasteiger partial charge in [0.15, 0.2) is 0 Å². The molecule has 0 amide bonds. The molecule has 5 nitrogen and oxygen atoms in total. The molecule has 0 fully saturated rings. The Morgan fingerprint density at radius 3 is 2.86 bits per heavy atom. The fraction of sp³-hybridized carbons (Fsp3) is 0.375. The molecule has 0 aliphatic heterocycles. The van der Waals surface area contributed by atoms with E-state index in [1.165, 1.54) is 5.56 Å². The highest BCUT2D eigenvalue weighted by Crippen LogP contribution is 2.03. The number of nitrogens with one attached hydrogen (secondary N) is 2. The number of benzene rings is 1. The standard InChI is InChI=1S/C16H21N3O2/c1-2-18-15(10-14-11-17-12-19-14)16(20)21-9-8-13-6-4-3-5-7-13/h3-7,11-12,15,18H,2,8-10H2,1H3,(H,17,19)/t15-/m0/s1. The molecular weight excluding hydrogens is 266 g/mol. The lowest BCUT2D eigenvalue weighted by Crippen LogP contribution is -2.40. The number of ether oxygens (including phenoxy) is 1. The van der Waals surface area contributed by atoms with Crippen molar-refractivity contribution in [1.29, 1.82) is 0 Å². The summed E-state index contributed by atoms with van der Waals surface area (Å²) in [5.41, 5.74) is 2.08. The zero-order valence-electron chi connectivity index (χ0n) is 12.2. The minimum absolute atomic E-state index is 0.220. The predicted octanol–water partition coefficient (Wildman–Crippen LogP) is 1.72. The van der Waals surface area contributed by atoms with Crippen LogP contribution < -0.4 is 5.32 Å². The lowest BCUT2D eigenvalue weighted by Gasteiger charge is -2.16.